The van der Waals surface area contributed by atoms with Crippen molar-refractivity contribution in [3.05, 3.63) is 0 Å². The Bertz CT molecular complexity index is 533. The number of rotatable bonds is 9. The predicted molar refractivity (Wildman–Crippen MR) is 106 cm³/mol. The zero-order valence-corrected chi connectivity index (χ0v) is 17.5. The smallest absolute Gasteiger partial charge is 0.245 e. The van der Waals surface area contributed by atoms with Crippen LogP contribution in [0.15, 0.2) is 0 Å². The molecule has 0 aromatic heterocycles. The predicted octanol–water partition coefficient (Wildman–Crippen LogP) is 2.57. The van der Waals surface area contributed by atoms with E-state index in [0.29, 0.717) is 26.1 Å². The Labute approximate surface area is 164 Å². The van der Waals surface area contributed by atoms with Crippen molar-refractivity contribution in [3.63, 3.8) is 0 Å². The van der Waals surface area contributed by atoms with Gasteiger partial charge in [0.25, 0.3) is 0 Å². The van der Waals surface area contributed by atoms with E-state index in [1.54, 1.807) is 0 Å². The number of hydrogen-bond donors (Lipinski definition) is 1. The van der Waals surface area contributed by atoms with Crippen LogP contribution >= 0.6 is 0 Å². The first-order valence-electron chi connectivity index (χ1n) is 10.8. The van der Waals surface area contributed by atoms with Crippen LogP contribution in [0.3, 0.4) is 0 Å². The number of unbranched alkanes of at least 4 members (excludes halogenated alkanes) is 2. The van der Waals surface area contributed by atoms with Crippen molar-refractivity contribution in [2.75, 3.05) is 19.6 Å². The van der Waals surface area contributed by atoms with Crippen LogP contribution in [-0.2, 0) is 14.4 Å². The van der Waals surface area contributed by atoms with Gasteiger partial charge in [-0.1, -0.05) is 40.0 Å². The zero-order valence-electron chi connectivity index (χ0n) is 17.5. The zero-order chi connectivity index (χ0) is 20.0. The summed E-state index contributed by atoms with van der Waals surface area (Å²) in [6.45, 7) is 9.89. The van der Waals surface area contributed by atoms with Gasteiger partial charge in [0.05, 0.1) is 0 Å². The molecular weight excluding hydrogens is 342 g/mol. The van der Waals surface area contributed by atoms with E-state index in [2.05, 4.69) is 12.2 Å². The molecule has 1 aliphatic carbocycles. The standard InChI is InChI=1S/C21H37N3O3/c1-5-7-8-9-18(25)22-19(15(3)6-2)21(27)23-12-13-24(16(4)14-23)20(26)17-10-11-17/h15-17,19H,5-14H2,1-4H3,(H,22,25). The molecule has 1 aliphatic heterocycles. The molecule has 1 saturated heterocycles. The molecule has 0 aromatic rings. The number of piperazine rings is 1. The first-order valence-corrected chi connectivity index (χ1v) is 10.8. The van der Waals surface area contributed by atoms with Gasteiger partial charge in [-0.05, 0) is 32.1 Å². The van der Waals surface area contributed by atoms with Gasteiger partial charge in [-0.25, -0.2) is 0 Å². The van der Waals surface area contributed by atoms with E-state index in [1.807, 2.05) is 30.6 Å². The molecule has 1 N–H and O–H groups in total. The van der Waals surface area contributed by atoms with Gasteiger partial charge in [-0.15, -0.1) is 0 Å². The highest BCUT2D eigenvalue weighted by Gasteiger charge is 2.39. The summed E-state index contributed by atoms with van der Waals surface area (Å²) in [6.07, 6.45) is 6.29. The maximum atomic E-state index is 13.1. The maximum Gasteiger partial charge on any atom is 0.245 e. The Morgan fingerprint density at radius 3 is 2.37 bits per heavy atom. The monoisotopic (exact) mass is 379 g/mol. The minimum Gasteiger partial charge on any atom is -0.344 e. The summed E-state index contributed by atoms with van der Waals surface area (Å²) in [4.78, 5) is 41.6. The SMILES string of the molecule is CCCCCC(=O)NC(C(=O)N1CCN(C(=O)C2CC2)C(C)C1)C(C)CC. The van der Waals surface area contributed by atoms with Crippen molar-refractivity contribution in [3.8, 4) is 0 Å². The third kappa shape index (κ3) is 5.94. The molecule has 3 amide bonds. The van der Waals surface area contributed by atoms with Gasteiger partial charge in [0.15, 0.2) is 0 Å². The fourth-order valence-corrected chi connectivity index (χ4v) is 3.71. The lowest BCUT2D eigenvalue weighted by atomic mass is 9.96. The number of nitrogens with zero attached hydrogens (tertiary/aromatic N) is 2. The molecular formula is C21H37N3O3. The van der Waals surface area contributed by atoms with Crippen LogP contribution < -0.4 is 5.32 Å². The van der Waals surface area contributed by atoms with Crippen molar-refractivity contribution >= 4 is 17.7 Å². The summed E-state index contributed by atoms with van der Waals surface area (Å²) >= 11 is 0. The summed E-state index contributed by atoms with van der Waals surface area (Å²) < 4.78 is 0. The fraction of sp³-hybridized carbons (Fsp3) is 0.857. The summed E-state index contributed by atoms with van der Waals surface area (Å²) in [5.74, 6) is 0.521. The lowest BCUT2D eigenvalue weighted by molar-refractivity contribution is -0.146. The van der Waals surface area contributed by atoms with Gasteiger partial charge in [-0.2, -0.15) is 0 Å². The minimum absolute atomic E-state index is 0.00133. The molecule has 3 atom stereocenters. The first kappa shape index (κ1) is 21.7. The molecule has 3 unspecified atom stereocenters. The lowest BCUT2D eigenvalue weighted by Gasteiger charge is -2.41. The van der Waals surface area contributed by atoms with Gasteiger partial charge >= 0.3 is 0 Å². The molecule has 1 saturated carbocycles. The van der Waals surface area contributed by atoms with Gasteiger partial charge in [-0.3, -0.25) is 14.4 Å². The average Bonchev–Trinajstić information content (AvgIpc) is 3.49. The van der Waals surface area contributed by atoms with Gasteiger partial charge in [0.2, 0.25) is 17.7 Å². The number of nitrogens with one attached hydrogen (secondary N) is 1. The van der Waals surface area contributed by atoms with Crippen molar-refractivity contribution in [2.45, 2.75) is 84.7 Å². The molecule has 6 nitrogen and oxygen atoms in total. The molecule has 2 aliphatic rings. The molecule has 2 fully saturated rings. The minimum atomic E-state index is -0.470. The molecule has 0 radical (unpaired) electrons. The Morgan fingerprint density at radius 2 is 1.81 bits per heavy atom. The maximum absolute atomic E-state index is 13.1. The highest BCUT2D eigenvalue weighted by molar-refractivity contribution is 5.88. The van der Waals surface area contributed by atoms with Gasteiger partial charge in [0.1, 0.15) is 6.04 Å². The Morgan fingerprint density at radius 1 is 1.11 bits per heavy atom. The topological polar surface area (TPSA) is 69.7 Å². The summed E-state index contributed by atoms with van der Waals surface area (Å²) in [7, 11) is 0. The third-order valence-electron chi connectivity index (χ3n) is 5.95. The first-order chi connectivity index (χ1) is 12.9. The highest BCUT2D eigenvalue weighted by Crippen LogP contribution is 2.32. The summed E-state index contributed by atoms with van der Waals surface area (Å²) in [5, 5.41) is 2.99. The molecule has 2 rings (SSSR count). The number of hydrogen-bond acceptors (Lipinski definition) is 3. The van der Waals surface area contributed by atoms with Crippen LogP contribution in [0, 0.1) is 11.8 Å². The van der Waals surface area contributed by atoms with Crippen LogP contribution in [0.4, 0.5) is 0 Å². The van der Waals surface area contributed by atoms with E-state index >= 15 is 0 Å². The number of carbonyl (C=O) groups excluding carboxylic acids is 3. The average molecular weight is 380 g/mol. The van der Waals surface area contributed by atoms with Crippen molar-refractivity contribution in [2.24, 2.45) is 11.8 Å². The molecule has 154 valence electrons. The Balaban J connectivity index is 1.94. The molecule has 27 heavy (non-hydrogen) atoms. The fourth-order valence-electron chi connectivity index (χ4n) is 3.71. The second-order valence-corrected chi connectivity index (χ2v) is 8.33. The second kappa shape index (κ2) is 10.1. The van der Waals surface area contributed by atoms with Gasteiger partial charge < -0.3 is 15.1 Å². The largest absolute Gasteiger partial charge is 0.344 e. The van der Waals surface area contributed by atoms with E-state index in [9.17, 15) is 14.4 Å². The molecule has 1 heterocycles. The van der Waals surface area contributed by atoms with E-state index < -0.39 is 6.04 Å². The second-order valence-electron chi connectivity index (χ2n) is 8.33. The summed E-state index contributed by atoms with van der Waals surface area (Å²) in [6, 6.07) is -0.435. The molecule has 0 spiro atoms. The third-order valence-corrected chi connectivity index (χ3v) is 5.95. The van der Waals surface area contributed by atoms with Crippen LogP contribution in [0.1, 0.15) is 72.6 Å². The van der Waals surface area contributed by atoms with Crippen molar-refractivity contribution in [1.82, 2.24) is 15.1 Å². The molecule has 6 heteroatoms. The Hall–Kier alpha value is -1.59. The highest BCUT2D eigenvalue weighted by atomic mass is 16.2. The van der Waals surface area contributed by atoms with Crippen molar-refractivity contribution < 1.29 is 14.4 Å². The van der Waals surface area contributed by atoms with Gasteiger partial charge in [0, 0.05) is 38.0 Å². The van der Waals surface area contributed by atoms with E-state index in [4.69, 9.17) is 0 Å². The molecule has 0 aromatic carbocycles. The lowest BCUT2D eigenvalue weighted by Crippen LogP contribution is -2.60. The van der Waals surface area contributed by atoms with E-state index in [1.165, 1.54) is 0 Å². The number of amides is 3. The number of carbonyl (C=O) groups is 3. The normalized spacial score (nSPS) is 22.3. The quantitative estimate of drug-likeness (QED) is 0.626. The Kier molecular flexibility index (Phi) is 8.11. The van der Waals surface area contributed by atoms with E-state index in [0.717, 1.165) is 38.5 Å². The van der Waals surface area contributed by atoms with Crippen LogP contribution in [0.2, 0.25) is 0 Å². The van der Waals surface area contributed by atoms with Crippen LogP contribution in [0.5, 0.6) is 0 Å². The van der Waals surface area contributed by atoms with Crippen molar-refractivity contribution in [1.29, 1.82) is 0 Å². The summed E-state index contributed by atoms with van der Waals surface area (Å²) in [5.41, 5.74) is 0. The molecule has 0 bridgehead atoms. The van der Waals surface area contributed by atoms with Crippen LogP contribution in [0.25, 0.3) is 0 Å². The van der Waals surface area contributed by atoms with E-state index in [-0.39, 0.29) is 35.6 Å². The van der Waals surface area contributed by atoms with Crippen LogP contribution in [-0.4, -0.2) is 59.2 Å².